The van der Waals surface area contributed by atoms with Crippen LogP contribution in [0.15, 0.2) is 18.2 Å². The van der Waals surface area contributed by atoms with Gasteiger partial charge in [-0.15, -0.1) is 0 Å². The van der Waals surface area contributed by atoms with Crippen LogP contribution >= 0.6 is 0 Å². The van der Waals surface area contributed by atoms with Gasteiger partial charge in [0.25, 0.3) is 0 Å². The molecular weight excluding hydrogens is 236 g/mol. The van der Waals surface area contributed by atoms with Crippen molar-refractivity contribution in [3.05, 3.63) is 29.3 Å². The van der Waals surface area contributed by atoms with Gasteiger partial charge < -0.3 is 4.90 Å². The van der Waals surface area contributed by atoms with Crippen LogP contribution in [0.2, 0.25) is 0 Å². The maximum Gasteiger partial charge on any atom is 0.161 e. The van der Waals surface area contributed by atoms with Gasteiger partial charge in [0.15, 0.2) is 5.78 Å². The second kappa shape index (κ2) is 5.44. The summed E-state index contributed by atoms with van der Waals surface area (Å²) in [6, 6.07) is 8.44. The van der Waals surface area contributed by atoms with Crippen LogP contribution in [0.1, 0.15) is 56.0 Å². The van der Waals surface area contributed by atoms with E-state index in [0.717, 1.165) is 30.5 Å². The van der Waals surface area contributed by atoms with E-state index < -0.39 is 0 Å². The Bertz CT molecular complexity index is 530. The van der Waals surface area contributed by atoms with Crippen molar-refractivity contribution in [1.82, 2.24) is 0 Å². The molecule has 3 nitrogen and oxygen atoms in total. The Balaban J connectivity index is 2.52. The molecule has 0 amide bonds. The minimum atomic E-state index is 0.0634. The maximum absolute atomic E-state index is 11.8. The van der Waals surface area contributed by atoms with Gasteiger partial charge in [-0.3, -0.25) is 4.79 Å². The van der Waals surface area contributed by atoms with E-state index in [1.165, 1.54) is 0 Å². The van der Waals surface area contributed by atoms with E-state index in [-0.39, 0.29) is 5.78 Å². The van der Waals surface area contributed by atoms with Crippen molar-refractivity contribution < 1.29 is 4.79 Å². The molecule has 1 fully saturated rings. The largest absolute Gasteiger partial charge is 0.365 e. The Kier molecular flexibility index (Phi) is 3.90. The quantitative estimate of drug-likeness (QED) is 0.777. The maximum atomic E-state index is 11.8. The highest BCUT2D eigenvalue weighted by atomic mass is 16.1. The predicted molar refractivity (Wildman–Crippen MR) is 76.4 cm³/mol. The Hall–Kier alpha value is -1.82. The second-order valence-corrected chi connectivity index (χ2v) is 5.30. The summed E-state index contributed by atoms with van der Waals surface area (Å²) in [6.45, 7) is 5.96. The number of ketones is 1. The van der Waals surface area contributed by atoms with E-state index in [2.05, 4.69) is 24.8 Å². The van der Waals surface area contributed by atoms with Crippen molar-refractivity contribution in [3.8, 4) is 6.07 Å². The second-order valence-electron chi connectivity index (χ2n) is 5.30. The van der Waals surface area contributed by atoms with E-state index in [1.807, 2.05) is 6.07 Å². The van der Waals surface area contributed by atoms with Crippen LogP contribution in [-0.4, -0.2) is 17.9 Å². The Morgan fingerprint density at radius 2 is 2.21 bits per heavy atom. The fourth-order valence-electron chi connectivity index (χ4n) is 3.02. The molecule has 1 heterocycles. The number of nitrogens with zero attached hydrogens (tertiary/aromatic N) is 2. The number of benzene rings is 1. The van der Waals surface area contributed by atoms with Crippen molar-refractivity contribution in [3.63, 3.8) is 0 Å². The molecule has 3 heteroatoms. The summed E-state index contributed by atoms with van der Waals surface area (Å²) >= 11 is 0. The SMILES string of the molecule is CCC1CCC(C)N1c1cc(C#N)ccc1C(C)=O. The number of Topliss-reactive ketones (excluding diaryl/α,β-unsaturated/α-hetero) is 1. The summed E-state index contributed by atoms with van der Waals surface area (Å²) in [7, 11) is 0. The molecule has 1 aliphatic heterocycles. The third-order valence-electron chi connectivity index (χ3n) is 4.04. The average Bonchev–Trinajstić information content (AvgIpc) is 2.78. The lowest BCUT2D eigenvalue weighted by Crippen LogP contribution is -2.35. The third kappa shape index (κ3) is 2.49. The molecule has 2 unspecified atom stereocenters. The molecule has 0 aromatic heterocycles. The summed E-state index contributed by atoms with van der Waals surface area (Å²) in [5.74, 6) is 0.0634. The molecule has 0 bridgehead atoms. The molecule has 0 spiro atoms. The standard InChI is InChI=1S/C16H20N2O/c1-4-14-7-5-11(2)18(14)16-9-13(10-17)6-8-15(16)12(3)19/h6,8-9,11,14H,4-5,7H2,1-3H3. The van der Waals surface area contributed by atoms with E-state index >= 15 is 0 Å². The number of hydrogen-bond acceptors (Lipinski definition) is 3. The molecule has 1 aliphatic rings. The van der Waals surface area contributed by atoms with Gasteiger partial charge in [0.2, 0.25) is 0 Å². The highest BCUT2D eigenvalue weighted by Crippen LogP contribution is 2.35. The van der Waals surface area contributed by atoms with E-state index in [0.29, 0.717) is 17.6 Å². The van der Waals surface area contributed by atoms with Gasteiger partial charge >= 0.3 is 0 Å². The van der Waals surface area contributed by atoms with Gasteiger partial charge in [-0.2, -0.15) is 5.26 Å². The molecular formula is C16H20N2O. The fraction of sp³-hybridized carbons (Fsp3) is 0.500. The number of rotatable bonds is 3. The summed E-state index contributed by atoms with van der Waals surface area (Å²) in [6.07, 6.45) is 3.37. The summed E-state index contributed by atoms with van der Waals surface area (Å²) in [5.41, 5.74) is 2.28. The first kappa shape index (κ1) is 13.6. The zero-order chi connectivity index (χ0) is 14.0. The first-order valence-corrected chi connectivity index (χ1v) is 6.91. The van der Waals surface area contributed by atoms with Crippen molar-refractivity contribution in [2.24, 2.45) is 0 Å². The number of nitriles is 1. The molecule has 2 rings (SSSR count). The lowest BCUT2D eigenvalue weighted by Gasteiger charge is -2.32. The van der Waals surface area contributed by atoms with E-state index in [4.69, 9.17) is 5.26 Å². The summed E-state index contributed by atoms with van der Waals surface area (Å²) in [4.78, 5) is 14.1. The Labute approximate surface area is 114 Å². The Morgan fingerprint density at radius 1 is 1.47 bits per heavy atom. The molecule has 100 valence electrons. The monoisotopic (exact) mass is 256 g/mol. The Morgan fingerprint density at radius 3 is 2.79 bits per heavy atom. The van der Waals surface area contributed by atoms with Gasteiger partial charge in [0, 0.05) is 23.3 Å². The molecule has 1 saturated heterocycles. The van der Waals surface area contributed by atoms with Gasteiger partial charge in [0.05, 0.1) is 11.6 Å². The minimum Gasteiger partial charge on any atom is -0.365 e. The summed E-state index contributed by atoms with van der Waals surface area (Å²) < 4.78 is 0. The molecule has 0 aliphatic carbocycles. The molecule has 0 N–H and O–H groups in total. The van der Waals surface area contributed by atoms with Crippen molar-refractivity contribution >= 4 is 11.5 Å². The predicted octanol–water partition coefficient (Wildman–Crippen LogP) is 3.53. The number of anilines is 1. The van der Waals surface area contributed by atoms with Crippen LogP contribution in [-0.2, 0) is 0 Å². The first-order chi connectivity index (χ1) is 9.08. The van der Waals surface area contributed by atoms with Gasteiger partial charge in [-0.05, 0) is 51.3 Å². The highest BCUT2D eigenvalue weighted by Gasteiger charge is 2.31. The molecule has 19 heavy (non-hydrogen) atoms. The van der Waals surface area contributed by atoms with Gasteiger partial charge in [-0.25, -0.2) is 0 Å². The molecule has 1 aromatic carbocycles. The van der Waals surface area contributed by atoms with Crippen LogP contribution in [0.3, 0.4) is 0 Å². The minimum absolute atomic E-state index is 0.0634. The molecule has 1 aromatic rings. The third-order valence-corrected chi connectivity index (χ3v) is 4.04. The smallest absolute Gasteiger partial charge is 0.161 e. The lowest BCUT2D eigenvalue weighted by atomic mass is 10.0. The normalized spacial score (nSPS) is 22.3. The fourth-order valence-corrected chi connectivity index (χ4v) is 3.02. The zero-order valence-corrected chi connectivity index (χ0v) is 11.8. The van der Waals surface area contributed by atoms with Crippen LogP contribution in [0.5, 0.6) is 0 Å². The van der Waals surface area contributed by atoms with Gasteiger partial charge in [-0.1, -0.05) is 6.92 Å². The number of carbonyl (C=O) groups excluding carboxylic acids is 1. The molecule has 2 atom stereocenters. The van der Waals surface area contributed by atoms with Crippen molar-refractivity contribution in [1.29, 1.82) is 5.26 Å². The zero-order valence-electron chi connectivity index (χ0n) is 11.8. The van der Waals surface area contributed by atoms with Crippen LogP contribution in [0.4, 0.5) is 5.69 Å². The van der Waals surface area contributed by atoms with Crippen LogP contribution in [0.25, 0.3) is 0 Å². The first-order valence-electron chi connectivity index (χ1n) is 6.91. The molecule has 0 radical (unpaired) electrons. The topological polar surface area (TPSA) is 44.1 Å². The van der Waals surface area contributed by atoms with Crippen LogP contribution < -0.4 is 4.90 Å². The van der Waals surface area contributed by atoms with Gasteiger partial charge in [0.1, 0.15) is 0 Å². The average molecular weight is 256 g/mol. The van der Waals surface area contributed by atoms with Crippen molar-refractivity contribution in [2.45, 2.75) is 52.1 Å². The molecule has 0 saturated carbocycles. The highest BCUT2D eigenvalue weighted by molar-refractivity contribution is 6.00. The van der Waals surface area contributed by atoms with Crippen molar-refractivity contribution in [2.75, 3.05) is 4.90 Å². The van der Waals surface area contributed by atoms with Crippen LogP contribution in [0, 0.1) is 11.3 Å². The lowest BCUT2D eigenvalue weighted by molar-refractivity contribution is 0.101. The van der Waals surface area contributed by atoms with E-state index in [1.54, 1.807) is 19.1 Å². The van der Waals surface area contributed by atoms with E-state index in [9.17, 15) is 4.79 Å². The number of carbonyl (C=O) groups is 1. The summed E-state index contributed by atoms with van der Waals surface area (Å²) in [5, 5.41) is 9.07. The number of hydrogen-bond donors (Lipinski definition) is 0.